The number of fused-ring (bicyclic) bond motifs is 1. The molecule has 0 aliphatic carbocycles. The molecule has 1 heterocycles. The molecule has 108 valence electrons. The molecule has 0 radical (unpaired) electrons. The van der Waals surface area contributed by atoms with Gasteiger partial charge in [0.2, 0.25) is 5.91 Å². The SMILES string of the molecule is CC(=O)N(C)NCc1nc2ccc(C(F)(F)F)cc2s1. The smallest absolute Gasteiger partial charge is 0.281 e. The highest BCUT2D eigenvalue weighted by Gasteiger charge is 2.30. The van der Waals surface area contributed by atoms with Crippen LogP contribution >= 0.6 is 11.3 Å². The highest BCUT2D eigenvalue weighted by Crippen LogP contribution is 2.33. The van der Waals surface area contributed by atoms with Gasteiger partial charge in [0.15, 0.2) is 0 Å². The van der Waals surface area contributed by atoms with Crippen LogP contribution in [0.4, 0.5) is 13.2 Å². The van der Waals surface area contributed by atoms with Crippen molar-refractivity contribution in [2.45, 2.75) is 19.6 Å². The van der Waals surface area contributed by atoms with Crippen LogP contribution < -0.4 is 5.43 Å². The summed E-state index contributed by atoms with van der Waals surface area (Å²) in [5.41, 5.74) is 2.65. The minimum Gasteiger partial charge on any atom is -0.281 e. The maximum absolute atomic E-state index is 12.6. The molecule has 1 N–H and O–H groups in total. The van der Waals surface area contributed by atoms with E-state index in [-0.39, 0.29) is 12.5 Å². The van der Waals surface area contributed by atoms with E-state index in [2.05, 4.69) is 10.4 Å². The molecule has 0 bridgehead atoms. The van der Waals surface area contributed by atoms with Crippen molar-refractivity contribution in [1.82, 2.24) is 15.4 Å². The topological polar surface area (TPSA) is 45.2 Å². The number of halogens is 3. The second kappa shape index (κ2) is 5.37. The van der Waals surface area contributed by atoms with Gasteiger partial charge in [-0.3, -0.25) is 9.80 Å². The number of carbonyl (C=O) groups is 1. The summed E-state index contributed by atoms with van der Waals surface area (Å²) in [4.78, 5) is 15.2. The van der Waals surface area contributed by atoms with E-state index in [0.717, 1.165) is 12.1 Å². The van der Waals surface area contributed by atoms with Gasteiger partial charge in [-0.1, -0.05) is 0 Å². The van der Waals surface area contributed by atoms with Crippen LogP contribution in [0.5, 0.6) is 0 Å². The molecule has 20 heavy (non-hydrogen) atoms. The van der Waals surface area contributed by atoms with Gasteiger partial charge in [0.1, 0.15) is 5.01 Å². The minimum absolute atomic E-state index is 0.162. The number of aromatic nitrogens is 1. The van der Waals surface area contributed by atoms with Crippen molar-refractivity contribution >= 4 is 27.5 Å². The number of thiazole rings is 1. The van der Waals surface area contributed by atoms with Gasteiger partial charge < -0.3 is 0 Å². The van der Waals surface area contributed by atoms with E-state index in [1.54, 1.807) is 7.05 Å². The molecule has 1 amide bonds. The molecule has 0 spiro atoms. The highest BCUT2D eigenvalue weighted by molar-refractivity contribution is 7.18. The maximum atomic E-state index is 12.6. The Balaban J connectivity index is 2.19. The molecular formula is C12H12F3N3OS. The number of benzene rings is 1. The van der Waals surface area contributed by atoms with Gasteiger partial charge in [-0.15, -0.1) is 11.3 Å². The van der Waals surface area contributed by atoms with Crippen LogP contribution in [0.3, 0.4) is 0 Å². The second-order valence-corrected chi connectivity index (χ2v) is 5.32. The zero-order chi connectivity index (χ0) is 14.9. The summed E-state index contributed by atoms with van der Waals surface area (Å²) < 4.78 is 38.3. The van der Waals surface area contributed by atoms with Crippen LogP contribution in [-0.4, -0.2) is 22.9 Å². The third-order valence-electron chi connectivity index (χ3n) is 2.70. The molecule has 0 aliphatic heterocycles. The van der Waals surface area contributed by atoms with Crippen molar-refractivity contribution in [2.75, 3.05) is 7.05 Å². The fraction of sp³-hybridized carbons (Fsp3) is 0.333. The first-order valence-electron chi connectivity index (χ1n) is 5.72. The lowest BCUT2D eigenvalue weighted by atomic mass is 10.2. The summed E-state index contributed by atoms with van der Waals surface area (Å²) in [6.07, 6.45) is -4.36. The van der Waals surface area contributed by atoms with E-state index < -0.39 is 11.7 Å². The summed E-state index contributed by atoms with van der Waals surface area (Å²) >= 11 is 1.17. The lowest BCUT2D eigenvalue weighted by molar-refractivity contribution is -0.137. The molecule has 1 aromatic carbocycles. The van der Waals surface area contributed by atoms with Crippen molar-refractivity contribution in [3.05, 3.63) is 28.8 Å². The Morgan fingerprint density at radius 1 is 1.45 bits per heavy atom. The molecule has 0 saturated heterocycles. The summed E-state index contributed by atoms with van der Waals surface area (Å²) in [7, 11) is 1.57. The largest absolute Gasteiger partial charge is 0.416 e. The van der Waals surface area contributed by atoms with Crippen molar-refractivity contribution in [3.8, 4) is 0 Å². The fourth-order valence-electron chi connectivity index (χ4n) is 1.52. The van der Waals surface area contributed by atoms with Gasteiger partial charge in [-0.2, -0.15) is 13.2 Å². The standard InChI is InChI=1S/C12H12F3N3OS/c1-7(19)18(2)16-6-11-17-9-4-3-8(12(13,14)15)5-10(9)20-11/h3-5,16H,6H2,1-2H3. The van der Waals surface area contributed by atoms with Gasteiger partial charge in [0, 0.05) is 14.0 Å². The zero-order valence-electron chi connectivity index (χ0n) is 10.8. The number of hydrazine groups is 1. The van der Waals surface area contributed by atoms with E-state index in [1.165, 1.54) is 29.3 Å². The molecule has 0 aliphatic rings. The van der Waals surface area contributed by atoms with Crippen molar-refractivity contribution in [3.63, 3.8) is 0 Å². The first-order valence-corrected chi connectivity index (χ1v) is 6.53. The number of amides is 1. The Hall–Kier alpha value is -1.67. The second-order valence-electron chi connectivity index (χ2n) is 4.20. The molecule has 1 aromatic heterocycles. The van der Waals surface area contributed by atoms with Crippen LogP contribution in [0.15, 0.2) is 18.2 Å². The quantitative estimate of drug-likeness (QED) is 0.887. The fourth-order valence-corrected chi connectivity index (χ4v) is 2.46. The molecule has 2 aromatic rings. The van der Waals surface area contributed by atoms with Gasteiger partial charge in [0.05, 0.1) is 22.3 Å². The Morgan fingerprint density at radius 3 is 2.75 bits per heavy atom. The number of nitrogens with zero attached hydrogens (tertiary/aromatic N) is 2. The number of alkyl halides is 3. The number of carbonyl (C=O) groups excluding carboxylic acids is 1. The van der Waals surface area contributed by atoms with E-state index in [9.17, 15) is 18.0 Å². The van der Waals surface area contributed by atoms with Crippen molar-refractivity contribution in [1.29, 1.82) is 0 Å². The molecule has 0 unspecified atom stereocenters. The Bertz CT molecular complexity index is 638. The van der Waals surface area contributed by atoms with Crippen LogP contribution in [0.1, 0.15) is 17.5 Å². The predicted molar refractivity (Wildman–Crippen MR) is 69.9 cm³/mol. The van der Waals surface area contributed by atoms with Crippen LogP contribution in [0.25, 0.3) is 10.2 Å². The highest BCUT2D eigenvalue weighted by atomic mass is 32.1. The van der Waals surface area contributed by atoms with Gasteiger partial charge in [-0.05, 0) is 18.2 Å². The summed E-state index contributed by atoms with van der Waals surface area (Å²) in [5, 5.41) is 1.92. The zero-order valence-corrected chi connectivity index (χ0v) is 11.6. The van der Waals surface area contributed by atoms with Gasteiger partial charge >= 0.3 is 6.18 Å². The lowest BCUT2D eigenvalue weighted by Crippen LogP contribution is -2.37. The number of hydrogen-bond donors (Lipinski definition) is 1. The average molecular weight is 303 g/mol. The molecule has 0 atom stereocenters. The summed E-state index contributed by atoms with van der Waals surface area (Å²) in [5.74, 6) is -0.162. The molecule has 0 fully saturated rings. The van der Waals surface area contributed by atoms with E-state index >= 15 is 0 Å². The van der Waals surface area contributed by atoms with Crippen LogP contribution in [0.2, 0.25) is 0 Å². The number of hydrogen-bond acceptors (Lipinski definition) is 4. The lowest BCUT2D eigenvalue weighted by Gasteiger charge is -2.14. The van der Waals surface area contributed by atoms with Crippen molar-refractivity contribution < 1.29 is 18.0 Å². The van der Waals surface area contributed by atoms with E-state index in [1.807, 2.05) is 0 Å². The van der Waals surface area contributed by atoms with E-state index in [0.29, 0.717) is 15.2 Å². The first kappa shape index (κ1) is 14.7. The Morgan fingerprint density at radius 2 is 2.15 bits per heavy atom. The minimum atomic E-state index is -4.36. The van der Waals surface area contributed by atoms with Gasteiger partial charge in [0.25, 0.3) is 0 Å². The first-order chi connectivity index (χ1) is 9.27. The number of nitrogens with one attached hydrogen (secondary N) is 1. The molecule has 4 nitrogen and oxygen atoms in total. The third kappa shape index (κ3) is 3.26. The van der Waals surface area contributed by atoms with E-state index in [4.69, 9.17) is 0 Å². The molecule has 8 heteroatoms. The van der Waals surface area contributed by atoms with Gasteiger partial charge in [-0.25, -0.2) is 10.4 Å². The number of rotatable bonds is 3. The summed E-state index contributed by atoms with van der Waals surface area (Å²) in [6, 6.07) is 3.46. The molecule has 0 saturated carbocycles. The monoisotopic (exact) mass is 303 g/mol. The average Bonchev–Trinajstić information content (AvgIpc) is 2.76. The normalized spacial score (nSPS) is 11.8. The maximum Gasteiger partial charge on any atom is 0.416 e. The van der Waals surface area contributed by atoms with Crippen molar-refractivity contribution in [2.24, 2.45) is 0 Å². The molecule has 2 rings (SSSR count). The van der Waals surface area contributed by atoms with Crippen LogP contribution in [-0.2, 0) is 17.5 Å². The Kier molecular flexibility index (Phi) is 3.96. The van der Waals surface area contributed by atoms with Crippen LogP contribution in [0, 0.1) is 0 Å². The summed E-state index contributed by atoms with van der Waals surface area (Å²) in [6.45, 7) is 1.69. The molecular weight excluding hydrogens is 291 g/mol. The predicted octanol–water partition coefficient (Wildman–Crippen LogP) is 2.80. The Labute approximate surface area is 117 Å². The third-order valence-corrected chi connectivity index (χ3v) is 3.72.